The Hall–Kier alpha value is -0.710. The fraction of sp³-hybridized carbons (Fsp3) is 0.231. The molecule has 0 unspecified atom stereocenters. The number of hydrogen-bond acceptors (Lipinski definition) is 2. The van der Waals surface area contributed by atoms with Crippen molar-refractivity contribution >= 4 is 27.3 Å². The molecule has 17 heavy (non-hydrogen) atoms. The third-order valence-electron chi connectivity index (χ3n) is 2.42. The highest BCUT2D eigenvalue weighted by atomic mass is 79.9. The van der Waals surface area contributed by atoms with Gasteiger partial charge in [0.15, 0.2) is 0 Å². The van der Waals surface area contributed by atoms with Crippen LogP contribution in [0.1, 0.15) is 10.4 Å². The van der Waals surface area contributed by atoms with Gasteiger partial charge in [0.1, 0.15) is 5.82 Å². The predicted octanol–water partition coefficient (Wildman–Crippen LogP) is 4.28. The molecule has 1 nitrogen and oxygen atoms in total. The van der Waals surface area contributed by atoms with Crippen LogP contribution in [-0.4, -0.2) is 11.9 Å². The summed E-state index contributed by atoms with van der Waals surface area (Å²) in [6.45, 7) is 1.74. The average Bonchev–Trinajstić information content (AvgIpc) is 2.67. The molecule has 2 aromatic rings. The van der Waals surface area contributed by atoms with Crippen molar-refractivity contribution in [3.63, 3.8) is 0 Å². The van der Waals surface area contributed by atoms with Crippen molar-refractivity contribution in [3.05, 3.63) is 56.4 Å². The number of thiophene rings is 1. The Kier molecular flexibility index (Phi) is 4.31. The first-order valence-corrected chi connectivity index (χ1v) is 6.91. The molecule has 0 radical (unpaired) electrons. The normalized spacial score (nSPS) is 11.1. The first-order valence-electron chi connectivity index (χ1n) is 5.31. The summed E-state index contributed by atoms with van der Waals surface area (Å²) < 4.78 is 13.9. The quantitative estimate of drug-likeness (QED) is 0.814. The number of benzene rings is 1. The Morgan fingerprint density at radius 1 is 1.12 bits per heavy atom. The number of rotatable bonds is 4. The maximum absolute atomic E-state index is 12.8. The summed E-state index contributed by atoms with van der Waals surface area (Å²) in [7, 11) is 2.07. The van der Waals surface area contributed by atoms with Crippen molar-refractivity contribution in [2.45, 2.75) is 13.1 Å². The van der Waals surface area contributed by atoms with Crippen LogP contribution < -0.4 is 0 Å². The summed E-state index contributed by atoms with van der Waals surface area (Å²) >= 11 is 5.20. The van der Waals surface area contributed by atoms with Gasteiger partial charge in [-0.25, -0.2) is 4.39 Å². The number of hydrogen-bond donors (Lipinski definition) is 0. The van der Waals surface area contributed by atoms with Gasteiger partial charge in [-0.15, -0.1) is 11.3 Å². The molecular weight excluding hydrogens is 301 g/mol. The lowest BCUT2D eigenvalue weighted by molar-refractivity contribution is 0.322. The van der Waals surface area contributed by atoms with Crippen LogP contribution in [0.5, 0.6) is 0 Å². The zero-order chi connectivity index (χ0) is 12.3. The highest BCUT2D eigenvalue weighted by Gasteiger charge is 2.04. The lowest BCUT2D eigenvalue weighted by Gasteiger charge is -2.15. The average molecular weight is 314 g/mol. The Balaban J connectivity index is 1.93. The van der Waals surface area contributed by atoms with Gasteiger partial charge in [0.05, 0.1) is 3.79 Å². The van der Waals surface area contributed by atoms with Crippen LogP contribution in [0.4, 0.5) is 4.39 Å². The molecule has 0 aliphatic carbocycles. The van der Waals surface area contributed by atoms with Crippen LogP contribution in [0.2, 0.25) is 0 Å². The molecule has 0 aliphatic rings. The maximum Gasteiger partial charge on any atom is 0.123 e. The summed E-state index contributed by atoms with van der Waals surface area (Å²) in [5.41, 5.74) is 1.13. The maximum atomic E-state index is 12.8. The van der Waals surface area contributed by atoms with E-state index >= 15 is 0 Å². The molecular formula is C13H13BrFNS. The third-order valence-corrected chi connectivity index (χ3v) is 4.03. The second-order valence-corrected chi connectivity index (χ2v) is 6.55. The highest BCUT2D eigenvalue weighted by molar-refractivity contribution is 9.11. The number of nitrogens with zero attached hydrogens (tertiary/aromatic N) is 1. The molecule has 0 amide bonds. The molecule has 0 saturated heterocycles. The molecule has 0 spiro atoms. The summed E-state index contributed by atoms with van der Waals surface area (Å²) in [6.07, 6.45) is 0. The van der Waals surface area contributed by atoms with Gasteiger partial charge in [0, 0.05) is 18.0 Å². The molecule has 1 aromatic heterocycles. The zero-order valence-electron chi connectivity index (χ0n) is 9.49. The van der Waals surface area contributed by atoms with Gasteiger partial charge in [0.25, 0.3) is 0 Å². The van der Waals surface area contributed by atoms with Gasteiger partial charge in [-0.05, 0) is 52.8 Å². The molecule has 1 aromatic carbocycles. The lowest BCUT2D eigenvalue weighted by Crippen LogP contribution is -2.16. The van der Waals surface area contributed by atoms with Gasteiger partial charge < -0.3 is 0 Å². The Bertz CT molecular complexity index is 480. The van der Waals surface area contributed by atoms with E-state index in [9.17, 15) is 4.39 Å². The molecule has 0 bridgehead atoms. The third kappa shape index (κ3) is 3.91. The standard InChI is InChI=1S/C13H13BrFNS/c1-16(9-12-6-7-13(14)17-12)8-10-2-4-11(15)5-3-10/h2-7H,8-9H2,1H3. The van der Waals surface area contributed by atoms with E-state index in [1.807, 2.05) is 12.1 Å². The van der Waals surface area contributed by atoms with E-state index in [-0.39, 0.29) is 5.82 Å². The van der Waals surface area contributed by atoms with Crippen LogP contribution >= 0.6 is 27.3 Å². The van der Waals surface area contributed by atoms with Crippen molar-refractivity contribution < 1.29 is 4.39 Å². The molecule has 2 rings (SSSR count). The van der Waals surface area contributed by atoms with E-state index in [0.29, 0.717) is 0 Å². The molecule has 4 heteroatoms. The van der Waals surface area contributed by atoms with Gasteiger partial charge in [0.2, 0.25) is 0 Å². The van der Waals surface area contributed by atoms with E-state index < -0.39 is 0 Å². The Morgan fingerprint density at radius 2 is 1.82 bits per heavy atom. The first-order chi connectivity index (χ1) is 8.13. The monoisotopic (exact) mass is 313 g/mol. The molecule has 0 atom stereocenters. The van der Waals surface area contributed by atoms with Crippen LogP contribution in [0.15, 0.2) is 40.2 Å². The molecule has 0 aliphatic heterocycles. The van der Waals surface area contributed by atoms with Crippen molar-refractivity contribution in [1.29, 1.82) is 0 Å². The molecule has 0 N–H and O–H groups in total. The Morgan fingerprint density at radius 3 is 2.41 bits per heavy atom. The van der Waals surface area contributed by atoms with Crippen molar-refractivity contribution in [2.75, 3.05) is 7.05 Å². The van der Waals surface area contributed by atoms with Crippen LogP contribution in [0.25, 0.3) is 0 Å². The predicted molar refractivity (Wildman–Crippen MR) is 73.6 cm³/mol. The number of halogens is 2. The van der Waals surface area contributed by atoms with Gasteiger partial charge in [-0.2, -0.15) is 0 Å². The largest absolute Gasteiger partial charge is 0.297 e. The molecule has 1 heterocycles. The SMILES string of the molecule is CN(Cc1ccc(F)cc1)Cc1ccc(Br)s1. The van der Waals surface area contributed by atoms with Crippen molar-refractivity contribution in [3.8, 4) is 0 Å². The van der Waals surface area contributed by atoms with E-state index in [1.54, 1.807) is 11.3 Å². The van der Waals surface area contributed by atoms with Crippen LogP contribution in [0.3, 0.4) is 0 Å². The minimum absolute atomic E-state index is 0.182. The topological polar surface area (TPSA) is 3.24 Å². The smallest absolute Gasteiger partial charge is 0.123 e. The van der Waals surface area contributed by atoms with Gasteiger partial charge in [-0.3, -0.25) is 4.90 Å². The van der Waals surface area contributed by atoms with E-state index in [1.165, 1.54) is 17.0 Å². The lowest BCUT2D eigenvalue weighted by atomic mass is 10.2. The summed E-state index contributed by atoms with van der Waals surface area (Å²) in [4.78, 5) is 3.53. The van der Waals surface area contributed by atoms with Crippen molar-refractivity contribution in [1.82, 2.24) is 4.90 Å². The molecule has 0 saturated carbocycles. The highest BCUT2D eigenvalue weighted by Crippen LogP contribution is 2.23. The van der Waals surface area contributed by atoms with Crippen LogP contribution in [-0.2, 0) is 13.1 Å². The zero-order valence-corrected chi connectivity index (χ0v) is 11.9. The van der Waals surface area contributed by atoms with Gasteiger partial charge in [-0.1, -0.05) is 12.1 Å². The van der Waals surface area contributed by atoms with E-state index in [0.717, 1.165) is 22.4 Å². The van der Waals surface area contributed by atoms with Crippen molar-refractivity contribution in [2.24, 2.45) is 0 Å². The minimum Gasteiger partial charge on any atom is -0.297 e. The molecule has 90 valence electrons. The van der Waals surface area contributed by atoms with E-state index in [2.05, 4.69) is 40.0 Å². The van der Waals surface area contributed by atoms with Gasteiger partial charge >= 0.3 is 0 Å². The second kappa shape index (κ2) is 5.76. The summed E-state index contributed by atoms with van der Waals surface area (Å²) in [5, 5.41) is 0. The Labute approximate surface area is 113 Å². The second-order valence-electron chi connectivity index (χ2n) is 4.00. The van der Waals surface area contributed by atoms with E-state index in [4.69, 9.17) is 0 Å². The molecule has 0 fully saturated rings. The first kappa shape index (κ1) is 12.7. The fourth-order valence-corrected chi connectivity index (χ4v) is 3.22. The summed E-state index contributed by atoms with van der Waals surface area (Å²) in [6, 6.07) is 10.9. The fourth-order valence-electron chi connectivity index (χ4n) is 1.66. The minimum atomic E-state index is -0.182. The summed E-state index contributed by atoms with van der Waals surface area (Å²) in [5.74, 6) is -0.182. The van der Waals surface area contributed by atoms with Crippen LogP contribution in [0, 0.1) is 5.82 Å².